The molecule has 0 heterocycles. The monoisotopic (exact) mass is 255 g/mol. The Bertz CT molecular complexity index is 274. The van der Waals surface area contributed by atoms with Crippen molar-refractivity contribution >= 4 is 5.97 Å². The van der Waals surface area contributed by atoms with Crippen molar-refractivity contribution in [3.63, 3.8) is 0 Å². The lowest BCUT2D eigenvalue weighted by Crippen LogP contribution is -2.44. The zero-order chi connectivity index (χ0) is 13.0. The lowest BCUT2D eigenvalue weighted by Gasteiger charge is -2.34. The van der Waals surface area contributed by atoms with E-state index in [-0.39, 0.29) is 5.92 Å². The van der Waals surface area contributed by atoms with Crippen LogP contribution in [0.4, 0.5) is 0 Å². The van der Waals surface area contributed by atoms with E-state index in [1.807, 2.05) is 0 Å². The molecule has 2 N–H and O–H groups in total. The standard InChI is InChI=1S/C14H25NO3/c1-18-13-7-5-11(6-8-13)15-12-4-2-3-10(9-12)14(16)17/h10-13,15H,2-9H2,1H3,(H,16,17). The molecular formula is C14H25NO3. The van der Waals surface area contributed by atoms with Gasteiger partial charge in [-0.2, -0.15) is 0 Å². The molecule has 2 aliphatic rings. The summed E-state index contributed by atoms with van der Waals surface area (Å²) < 4.78 is 5.37. The van der Waals surface area contributed by atoms with Gasteiger partial charge in [0.25, 0.3) is 0 Å². The summed E-state index contributed by atoms with van der Waals surface area (Å²) in [6.07, 6.45) is 8.84. The minimum absolute atomic E-state index is 0.133. The number of ether oxygens (including phenoxy) is 1. The summed E-state index contributed by atoms with van der Waals surface area (Å²) >= 11 is 0. The van der Waals surface area contributed by atoms with Crippen LogP contribution in [0.5, 0.6) is 0 Å². The van der Waals surface area contributed by atoms with Crippen LogP contribution < -0.4 is 5.32 Å². The smallest absolute Gasteiger partial charge is 0.306 e. The van der Waals surface area contributed by atoms with Gasteiger partial charge in [0.1, 0.15) is 0 Å². The van der Waals surface area contributed by atoms with Crippen molar-refractivity contribution in [3.05, 3.63) is 0 Å². The van der Waals surface area contributed by atoms with E-state index in [0.29, 0.717) is 18.2 Å². The highest BCUT2D eigenvalue weighted by Crippen LogP contribution is 2.27. The Morgan fingerprint density at radius 3 is 2.44 bits per heavy atom. The molecule has 104 valence electrons. The first-order valence-corrected chi connectivity index (χ1v) is 7.20. The fourth-order valence-corrected chi connectivity index (χ4v) is 3.36. The van der Waals surface area contributed by atoms with E-state index in [0.717, 1.165) is 51.4 Å². The highest BCUT2D eigenvalue weighted by molar-refractivity contribution is 5.70. The lowest BCUT2D eigenvalue weighted by molar-refractivity contribution is -0.143. The number of aliphatic carboxylic acids is 1. The summed E-state index contributed by atoms with van der Waals surface area (Å²) in [6, 6.07) is 0.970. The van der Waals surface area contributed by atoms with Crippen molar-refractivity contribution < 1.29 is 14.6 Å². The van der Waals surface area contributed by atoms with Gasteiger partial charge in [0.05, 0.1) is 12.0 Å². The number of hydrogen-bond acceptors (Lipinski definition) is 3. The fraction of sp³-hybridized carbons (Fsp3) is 0.929. The summed E-state index contributed by atoms with van der Waals surface area (Å²) in [5.41, 5.74) is 0. The van der Waals surface area contributed by atoms with E-state index in [1.54, 1.807) is 7.11 Å². The predicted molar refractivity (Wildman–Crippen MR) is 69.6 cm³/mol. The van der Waals surface area contributed by atoms with E-state index in [4.69, 9.17) is 9.84 Å². The topological polar surface area (TPSA) is 58.6 Å². The third-order valence-corrected chi connectivity index (χ3v) is 4.50. The Hall–Kier alpha value is -0.610. The zero-order valence-electron chi connectivity index (χ0n) is 11.2. The molecule has 18 heavy (non-hydrogen) atoms. The molecule has 2 rings (SSSR count). The summed E-state index contributed by atoms with van der Waals surface area (Å²) in [4.78, 5) is 11.0. The van der Waals surface area contributed by atoms with Crippen molar-refractivity contribution in [1.29, 1.82) is 0 Å². The third kappa shape index (κ3) is 3.69. The molecule has 0 bridgehead atoms. The van der Waals surface area contributed by atoms with Gasteiger partial charge in [0.15, 0.2) is 0 Å². The molecule has 4 nitrogen and oxygen atoms in total. The molecule has 2 aliphatic carbocycles. The minimum Gasteiger partial charge on any atom is -0.481 e. The molecular weight excluding hydrogens is 230 g/mol. The SMILES string of the molecule is COC1CCC(NC2CCCC(C(=O)O)C2)CC1. The van der Waals surface area contributed by atoms with Crippen molar-refractivity contribution in [1.82, 2.24) is 5.32 Å². The number of carboxylic acid groups (broad SMARTS) is 1. The second-order valence-electron chi connectivity index (χ2n) is 5.77. The maximum absolute atomic E-state index is 11.0. The number of carbonyl (C=O) groups is 1. The predicted octanol–water partition coefficient (Wildman–Crippen LogP) is 2.18. The van der Waals surface area contributed by atoms with Crippen LogP contribution in [0.15, 0.2) is 0 Å². The Kier molecular flexibility index (Phi) is 5.01. The summed E-state index contributed by atoms with van der Waals surface area (Å²) in [5, 5.41) is 12.8. The maximum Gasteiger partial charge on any atom is 0.306 e. The average molecular weight is 255 g/mol. The van der Waals surface area contributed by atoms with Crippen LogP contribution in [0.1, 0.15) is 51.4 Å². The molecule has 4 heteroatoms. The summed E-state index contributed by atoms with van der Waals surface area (Å²) in [5.74, 6) is -0.754. The largest absolute Gasteiger partial charge is 0.481 e. The maximum atomic E-state index is 11.0. The van der Waals surface area contributed by atoms with Crippen molar-refractivity contribution in [2.45, 2.75) is 69.6 Å². The zero-order valence-corrected chi connectivity index (χ0v) is 11.2. The van der Waals surface area contributed by atoms with Crippen LogP contribution in [0, 0.1) is 5.92 Å². The third-order valence-electron chi connectivity index (χ3n) is 4.50. The van der Waals surface area contributed by atoms with Crippen molar-refractivity contribution in [2.75, 3.05) is 7.11 Å². The molecule has 0 amide bonds. The number of hydrogen-bond donors (Lipinski definition) is 2. The highest BCUT2D eigenvalue weighted by Gasteiger charge is 2.29. The molecule has 2 unspecified atom stereocenters. The Balaban J connectivity index is 1.74. The van der Waals surface area contributed by atoms with Crippen LogP contribution in [-0.2, 0) is 9.53 Å². The van der Waals surface area contributed by atoms with E-state index >= 15 is 0 Å². The normalized spacial score (nSPS) is 37.4. The van der Waals surface area contributed by atoms with Crippen LogP contribution in [0.2, 0.25) is 0 Å². The number of carboxylic acids is 1. The quantitative estimate of drug-likeness (QED) is 0.808. The van der Waals surface area contributed by atoms with Crippen LogP contribution >= 0.6 is 0 Å². The van der Waals surface area contributed by atoms with Crippen LogP contribution in [0.25, 0.3) is 0 Å². The van der Waals surface area contributed by atoms with Gasteiger partial charge < -0.3 is 15.2 Å². The number of nitrogens with one attached hydrogen (secondary N) is 1. The molecule has 0 aromatic carbocycles. The van der Waals surface area contributed by atoms with Crippen LogP contribution in [0.3, 0.4) is 0 Å². The van der Waals surface area contributed by atoms with Gasteiger partial charge in [-0.15, -0.1) is 0 Å². The molecule has 0 saturated heterocycles. The molecule has 2 saturated carbocycles. The first-order chi connectivity index (χ1) is 8.69. The van der Waals surface area contributed by atoms with Gasteiger partial charge >= 0.3 is 5.97 Å². The summed E-state index contributed by atoms with van der Waals surface area (Å²) in [7, 11) is 1.79. The van der Waals surface area contributed by atoms with Gasteiger partial charge in [-0.05, 0) is 44.9 Å². The Morgan fingerprint density at radius 2 is 1.83 bits per heavy atom. The molecule has 2 atom stereocenters. The van der Waals surface area contributed by atoms with E-state index in [1.165, 1.54) is 0 Å². The van der Waals surface area contributed by atoms with Crippen molar-refractivity contribution in [2.24, 2.45) is 5.92 Å². The molecule has 0 radical (unpaired) electrons. The van der Waals surface area contributed by atoms with E-state index in [2.05, 4.69) is 5.32 Å². The lowest BCUT2D eigenvalue weighted by atomic mass is 9.84. The van der Waals surface area contributed by atoms with Gasteiger partial charge in [-0.1, -0.05) is 6.42 Å². The molecule has 0 aromatic rings. The Labute approximate surface area is 109 Å². The first kappa shape index (κ1) is 13.8. The second-order valence-corrected chi connectivity index (χ2v) is 5.77. The fourth-order valence-electron chi connectivity index (χ4n) is 3.36. The van der Waals surface area contributed by atoms with E-state index < -0.39 is 5.97 Å². The second kappa shape index (κ2) is 6.53. The number of methoxy groups -OCH3 is 1. The number of rotatable bonds is 4. The van der Waals surface area contributed by atoms with Crippen molar-refractivity contribution in [3.8, 4) is 0 Å². The Morgan fingerprint density at radius 1 is 1.11 bits per heavy atom. The summed E-state index contributed by atoms with van der Waals surface area (Å²) in [6.45, 7) is 0. The van der Waals surface area contributed by atoms with Crippen LogP contribution in [-0.4, -0.2) is 36.4 Å². The van der Waals surface area contributed by atoms with Gasteiger partial charge in [-0.3, -0.25) is 4.79 Å². The van der Waals surface area contributed by atoms with E-state index in [9.17, 15) is 4.79 Å². The first-order valence-electron chi connectivity index (χ1n) is 7.20. The van der Waals surface area contributed by atoms with Gasteiger partial charge in [0.2, 0.25) is 0 Å². The minimum atomic E-state index is -0.621. The van der Waals surface area contributed by atoms with Gasteiger partial charge in [-0.25, -0.2) is 0 Å². The van der Waals surface area contributed by atoms with Gasteiger partial charge in [0, 0.05) is 19.2 Å². The highest BCUT2D eigenvalue weighted by atomic mass is 16.5. The molecule has 0 spiro atoms. The molecule has 0 aromatic heterocycles. The molecule has 2 fully saturated rings. The molecule has 0 aliphatic heterocycles. The average Bonchev–Trinajstić information content (AvgIpc) is 2.40.